The Morgan fingerprint density at radius 2 is 1.92 bits per heavy atom. The zero-order valence-corrected chi connectivity index (χ0v) is 14.5. The van der Waals surface area contributed by atoms with Gasteiger partial charge in [0.1, 0.15) is 0 Å². The van der Waals surface area contributed by atoms with Gasteiger partial charge in [-0.2, -0.15) is 0 Å². The predicted octanol–water partition coefficient (Wildman–Crippen LogP) is 3.22. The SMILES string of the molecule is Cc1cnc(C2=C[C@@H](c3ccccc3)N(C(=O)N(C)C)C2)nc1C. The van der Waals surface area contributed by atoms with Crippen molar-refractivity contribution in [3.05, 3.63) is 65.2 Å². The number of aromatic nitrogens is 2. The fourth-order valence-electron chi connectivity index (χ4n) is 2.81. The van der Waals surface area contributed by atoms with E-state index in [2.05, 4.69) is 16.0 Å². The average molecular weight is 322 g/mol. The summed E-state index contributed by atoms with van der Waals surface area (Å²) >= 11 is 0. The Balaban J connectivity index is 1.99. The number of nitrogens with zero attached hydrogens (tertiary/aromatic N) is 4. The number of benzene rings is 1. The minimum atomic E-state index is -0.0960. The summed E-state index contributed by atoms with van der Waals surface area (Å²) < 4.78 is 0. The van der Waals surface area contributed by atoms with Crippen molar-refractivity contribution in [3.8, 4) is 0 Å². The van der Waals surface area contributed by atoms with Crippen molar-refractivity contribution >= 4 is 11.6 Å². The molecule has 1 aliphatic rings. The van der Waals surface area contributed by atoms with E-state index in [1.807, 2.05) is 55.3 Å². The highest BCUT2D eigenvalue weighted by atomic mass is 16.2. The average Bonchev–Trinajstić information content (AvgIpc) is 3.02. The van der Waals surface area contributed by atoms with E-state index in [1.165, 1.54) is 0 Å². The van der Waals surface area contributed by atoms with Gasteiger partial charge in [0.25, 0.3) is 0 Å². The summed E-state index contributed by atoms with van der Waals surface area (Å²) in [5, 5.41) is 0. The second-order valence-corrected chi connectivity index (χ2v) is 6.31. The molecule has 0 spiro atoms. The molecule has 0 saturated carbocycles. The van der Waals surface area contributed by atoms with Crippen molar-refractivity contribution in [1.82, 2.24) is 19.8 Å². The maximum Gasteiger partial charge on any atom is 0.320 e. The number of carbonyl (C=O) groups is 1. The molecule has 1 aliphatic heterocycles. The van der Waals surface area contributed by atoms with Gasteiger partial charge in [0.2, 0.25) is 0 Å². The summed E-state index contributed by atoms with van der Waals surface area (Å²) in [6, 6.07) is 9.94. The van der Waals surface area contributed by atoms with Gasteiger partial charge in [0.05, 0.1) is 12.6 Å². The van der Waals surface area contributed by atoms with Gasteiger partial charge in [-0.25, -0.2) is 14.8 Å². The van der Waals surface area contributed by atoms with E-state index in [1.54, 1.807) is 19.0 Å². The van der Waals surface area contributed by atoms with Gasteiger partial charge in [-0.3, -0.25) is 0 Å². The lowest BCUT2D eigenvalue weighted by Crippen LogP contribution is -2.39. The molecular formula is C19H22N4O. The number of hydrogen-bond donors (Lipinski definition) is 0. The second kappa shape index (κ2) is 6.43. The van der Waals surface area contributed by atoms with Crippen molar-refractivity contribution in [2.75, 3.05) is 20.6 Å². The summed E-state index contributed by atoms with van der Waals surface area (Å²) in [4.78, 5) is 25.1. The molecule has 2 aromatic rings. The first-order chi connectivity index (χ1) is 11.5. The molecule has 0 N–H and O–H groups in total. The Kier molecular flexibility index (Phi) is 4.34. The van der Waals surface area contributed by atoms with Crippen LogP contribution < -0.4 is 0 Å². The van der Waals surface area contributed by atoms with Gasteiger partial charge in [-0.05, 0) is 31.1 Å². The summed E-state index contributed by atoms with van der Waals surface area (Å²) in [6.07, 6.45) is 3.94. The fraction of sp³-hybridized carbons (Fsp3) is 0.316. The van der Waals surface area contributed by atoms with Crippen LogP contribution in [0.2, 0.25) is 0 Å². The third-order valence-corrected chi connectivity index (χ3v) is 4.32. The van der Waals surface area contributed by atoms with Gasteiger partial charge in [0, 0.05) is 31.6 Å². The van der Waals surface area contributed by atoms with E-state index >= 15 is 0 Å². The van der Waals surface area contributed by atoms with Crippen molar-refractivity contribution < 1.29 is 4.79 Å². The molecule has 0 fully saturated rings. The van der Waals surface area contributed by atoms with Crippen LogP contribution in [0.3, 0.4) is 0 Å². The normalized spacial score (nSPS) is 16.9. The lowest BCUT2D eigenvalue weighted by Gasteiger charge is -2.28. The van der Waals surface area contributed by atoms with Crippen LogP contribution in [-0.2, 0) is 0 Å². The predicted molar refractivity (Wildman–Crippen MR) is 94.5 cm³/mol. The van der Waals surface area contributed by atoms with Gasteiger partial charge < -0.3 is 9.80 Å². The second-order valence-electron chi connectivity index (χ2n) is 6.31. The number of carbonyl (C=O) groups excluding carboxylic acids is 1. The largest absolute Gasteiger partial charge is 0.331 e. The van der Waals surface area contributed by atoms with Crippen LogP contribution in [-0.4, -0.2) is 46.4 Å². The number of rotatable bonds is 2. The van der Waals surface area contributed by atoms with Crippen LogP contribution in [0, 0.1) is 13.8 Å². The summed E-state index contributed by atoms with van der Waals surface area (Å²) in [6.45, 7) is 4.49. The number of hydrogen-bond acceptors (Lipinski definition) is 3. The van der Waals surface area contributed by atoms with E-state index in [4.69, 9.17) is 0 Å². The van der Waals surface area contributed by atoms with Crippen molar-refractivity contribution in [1.29, 1.82) is 0 Å². The lowest BCUT2D eigenvalue weighted by atomic mass is 10.1. The third kappa shape index (κ3) is 3.02. The van der Waals surface area contributed by atoms with Crippen LogP contribution in [0.5, 0.6) is 0 Å². The zero-order valence-electron chi connectivity index (χ0n) is 14.5. The standard InChI is InChI=1S/C19H22N4O/c1-13-11-20-18(21-14(13)2)16-10-17(15-8-6-5-7-9-15)23(12-16)19(24)22(3)4/h5-11,17H,12H2,1-4H3/t17-/m0/s1. The Morgan fingerprint density at radius 1 is 1.21 bits per heavy atom. The van der Waals surface area contributed by atoms with Crippen LogP contribution in [0.15, 0.2) is 42.6 Å². The van der Waals surface area contributed by atoms with Crippen LogP contribution in [0.1, 0.15) is 28.7 Å². The number of aryl methyl sites for hydroxylation is 2. The minimum absolute atomic E-state index is 0.0149. The number of urea groups is 1. The molecule has 5 nitrogen and oxygen atoms in total. The van der Waals surface area contributed by atoms with Crippen LogP contribution in [0.25, 0.3) is 5.57 Å². The number of amides is 2. The van der Waals surface area contributed by atoms with Gasteiger partial charge in [-0.1, -0.05) is 30.3 Å². The van der Waals surface area contributed by atoms with E-state index in [-0.39, 0.29) is 12.1 Å². The first-order valence-electron chi connectivity index (χ1n) is 8.01. The van der Waals surface area contributed by atoms with Gasteiger partial charge in [-0.15, -0.1) is 0 Å². The summed E-state index contributed by atoms with van der Waals surface area (Å²) in [5.74, 6) is 0.702. The van der Waals surface area contributed by atoms with Gasteiger partial charge >= 0.3 is 6.03 Å². The molecule has 24 heavy (non-hydrogen) atoms. The maximum absolute atomic E-state index is 12.6. The highest BCUT2D eigenvalue weighted by Crippen LogP contribution is 2.34. The lowest BCUT2D eigenvalue weighted by molar-refractivity contribution is 0.170. The van der Waals surface area contributed by atoms with E-state index < -0.39 is 0 Å². The molecule has 1 aromatic carbocycles. The highest BCUT2D eigenvalue weighted by Gasteiger charge is 2.32. The van der Waals surface area contributed by atoms with E-state index in [0.29, 0.717) is 12.4 Å². The topological polar surface area (TPSA) is 49.3 Å². The quantitative estimate of drug-likeness (QED) is 0.853. The zero-order chi connectivity index (χ0) is 17.3. The molecule has 1 atom stereocenters. The molecule has 0 radical (unpaired) electrons. The molecule has 3 rings (SSSR count). The Hall–Kier alpha value is -2.69. The van der Waals surface area contributed by atoms with Crippen LogP contribution in [0.4, 0.5) is 4.79 Å². The first kappa shape index (κ1) is 16.2. The molecular weight excluding hydrogens is 300 g/mol. The molecule has 5 heteroatoms. The molecule has 0 unspecified atom stereocenters. The third-order valence-electron chi connectivity index (χ3n) is 4.32. The Bertz CT molecular complexity index is 783. The van der Waals surface area contributed by atoms with Crippen molar-refractivity contribution in [3.63, 3.8) is 0 Å². The monoisotopic (exact) mass is 322 g/mol. The Labute approximate surface area is 142 Å². The highest BCUT2D eigenvalue weighted by molar-refractivity contribution is 5.80. The molecule has 2 heterocycles. The first-order valence-corrected chi connectivity index (χ1v) is 8.01. The molecule has 0 aliphatic carbocycles. The maximum atomic E-state index is 12.6. The fourth-order valence-corrected chi connectivity index (χ4v) is 2.81. The van der Waals surface area contributed by atoms with E-state index in [0.717, 1.165) is 22.4 Å². The molecule has 124 valence electrons. The summed E-state index contributed by atoms with van der Waals surface area (Å²) in [7, 11) is 3.55. The van der Waals surface area contributed by atoms with E-state index in [9.17, 15) is 4.79 Å². The molecule has 0 bridgehead atoms. The molecule has 2 amide bonds. The Morgan fingerprint density at radius 3 is 2.54 bits per heavy atom. The van der Waals surface area contributed by atoms with Crippen molar-refractivity contribution in [2.45, 2.75) is 19.9 Å². The molecule has 0 saturated heterocycles. The summed E-state index contributed by atoms with van der Waals surface area (Å²) in [5.41, 5.74) is 4.11. The minimum Gasteiger partial charge on any atom is -0.331 e. The van der Waals surface area contributed by atoms with Crippen LogP contribution >= 0.6 is 0 Å². The van der Waals surface area contributed by atoms with Crippen molar-refractivity contribution in [2.24, 2.45) is 0 Å². The molecule has 1 aromatic heterocycles. The smallest absolute Gasteiger partial charge is 0.320 e. The van der Waals surface area contributed by atoms with Gasteiger partial charge in [0.15, 0.2) is 5.82 Å².